The molecule has 17 heavy (non-hydrogen) atoms. The Balaban J connectivity index is 1.51. The van der Waals surface area contributed by atoms with Crippen LogP contribution in [0.1, 0.15) is 18.5 Å². The number of rotatable bonds is 3. The van der Waals surface area contributed by atoms with E-state index in [1.165, 1.54) is 44.7 Å². The van der Waals surface area contributed by atoms with Crippen LogP contribution in [0.15, 0.2) is 22.8 Å². The van der Waals surface area contributed by atoms with Crippen molar-refractivity contribution < 1.29 is 0 Å². The molecule has 1 saturated carbocycles. The fourth-order valence-electron chi connectivity index (χ4n) is 2.46. The van der Waals surface area contributed by atoms with Crippen LogP contribution >= 0.6 is 15.9 Å². The van der Waals surface area contributed by atoms with Gasteiger partial charge in [0.15, 0.2) is 0 Å². The first-order valence-corrected chi connectivity index (χ1v) is 7.17. The van der Waals surface area contributed by atoms with Gasteiger partial charge < -0.3 is 0 Å². The fraction of sp³-hybridized carbons (Fsp3) is 0.615. The van der Waals surface area contributed by atoms with Crippen molar-refractivity contribution in [3.05, 3.63) is 28.5 Å². The molecule has 0 radical (unpaired) electrons. The van der Waals surface area contributed by atoms with Gasteiger partial charge in [0.1, 0.15) is 0 Å². The highest BCUT2D eigenvalue weighted by Gasteiger charge is 2.31. The van der Waals surface area contributed by atoms with E-state index in [1.54, 1.807) is 0 Å². The minimum atomic E-state index is 0.919. The van der Waals surface area contributed by atoms with E-state index < -0.39 is 0 Å². The molecule has 92 valence electrons. The summed E-state index contributed by atoms with van der Waals surface area (Å²) in [6.07, 6.45) is 4.73. The second kappa shape index (κ2) is 5.04. The van der Waals surface area contributed by atoms with Crippen molar-refractivity contribution in [1.29, 1.82) is 0 Å². The fourth-order valence-corrected chi connectivity index (χ4v) is 2.69. The SMILES string of the molecule is Brc1ccc(CN2CCN(C3CC3)CC2)nc1. The van der Waals surface area contributed by atoms with Crippen LogP contribution in [0.3, 0.4) is 0 Å². The number of halogens is 1. The molecular weight excluding hydrogens is 278 g/mol. The Labute approximate surface area is 111 Å². The van der Waals surface area contributed by atoms with E-state index in [0.717, 1.165) is 17.1 Å². The molecular formula is C13H18BrN3. The van der Waals surface area contributed by atoms with Crippen LogP contribution in [0, 0.1) is 0 Å². The predicted molar refractivity (Wildman–Crippen MR) is 71.8 cm³/mol. The third-order valence-electron chi connectivity index (χ3n) is 3.64. The van der Waals surface area contributed by atoms with Crippen molar-refractivity contribution in [2.75, 3.05) is 26.2 Å². The number of hydrogen-bond donors (Lipinski definition) is 0. The maximum absolute atomic E-state index is 4.44. The van der Waals surface area contributed by atoms with E-state index in [4.69, 9.17) is 0 Å². The Bertz CT molecular complexity index is 367. The van der Waals surface area contributed by atoms with Crippen LogP contribution < -0.4 is 0 Å². The average Bonchev–Trinajstić information content (AvgIpc) is 3.17. The second-order valence-corrected chi connectivity index (χ2v) is 5.93. The van der Waals surface area contributed by atoms with Gasteiger partial charge in [0, 0.05) is 49.4 Å². The Morgan fingerprint density at radius 1 is 1.18 bits per heavy atom. The maximum atomic E-state index is 4.44. The monoisotopic (exact) mass is 295 g/mol. The summed E-state index contributed by atoms with van der Waals surface area (Å²) >= 11 is 3.42. The summed E-state index contributed by atoms with van der Waals surface area (Å²) in [5.74, 6) is 0. The molecule has 0 atom stereocenters. The maximum Gasteiger partial charge on any atom is 0.0544 e. The molecule has 1 aliphatic heterocycles. The van der Waals surface area contributed by atoms with Crippen LogP contribution in [0.2, 0.25) is 0 Å². The number of nitrogens with zero attached hydrogens (tertiary/aromatic N) is 3. The van der Waals surface area contributed by atoms with Crippen molar-refractivity contribution >= 4 is 15.9 Å². The zero-order valence-corrected chi connectivity index (χ0v) is 11.6. The molecule has 0 aromatic carbocycles. The molecule has 2 aliphatic rings. The number of pyridine rings is 1. The van der Waals surface area contributed by atoms with Gasteiger partial charge in [0.25, 0.3) is 0 Å². The number of hydrogen-bond acceptors (Lipinski definition) is 3. The van der Waals surface area contributed by atoms with Crippen molar-refractivity contribution in [2.24, 2.45) is 0 Å². The first-order valence-electron chi connectivity index (χ1n) is 6.38. The standard InChI is InChI=1S/C13H18BrN3/c14-11-1-2-12(15-9-11)10-16-5-7-17(8-6-16)13-3-4-13/h1-2,9,13H,3-8,10H2. The minimum absolute atomic E-state index is 0.919. The van der Waals surface area contributed by atoms with Gasteiger partial charge in [0.2, 0.25) is 0 Å². The van der Waals surface area contributed by atoms with Gasteiger partial charge in [-0.1, -0.05) is 0 Å². The normalized spacial score (nSPS) is 22.9. The molecule has 0 unspecified atom stereocenters. The lowest BCUT2D eigenvalue weighted by Gasteiger charge is -2.34. The highest BCUT2D eigenvalue weighted by molar-refractivity contribution is 9.10. The van der Waals surface area contributed by atoms with Crippen molar-refractivity contribution in [2.45, 2.75) is 25.4 Å². The molecule has 4 heteroatoms. The molecule has 1 aliphatic carbocycles. The Kier molecular flexibility index (Phi) is 3.45. The molecule has 0 N–H and O–H groups in total. The van der Waals surface area contributed by atoms with Gasteiger partial charge in [-0.3, -0.25) is 14.8 Å². The molecule has 3 rings (SSSR count). The Morgan fingerprint density at radius 2 is 1.94 bits per heavy atom. The van der Waals surface area contributed by atoms with Crippen LogP contribution in [-0.4, -0.2) is 47.0 Å². The molecule has 0 bridgehead atoms. The Morgan fingerprint density at radius 3 is 2.53 bits per heavy atom. The largest absolute Gasteiger partial charge is 0.298 e. The minimum Gasteiger partial charge on any atom is -0.298 e. The third-order valence-corrected chi connectivity index (χ3v) is 4.11. The summed E-state index contributed by atoms with van der Waals surface area (Å²) in [6, 6.07) is 5.10. The van der Waals surface area contributed by atoms with E-state index in [-0.39, 0.29) is 0 Å². The predicted octanol–water partition coefficient (Wildman–Crippen LogP) is 2.12. The second-order valence-electron chi connectivity index (χ2n) is 5.01. The summed E-state index contributed by atoms with van der Waals surface area (Å²) in [7, 11) is 0. The van der Waals surface area contributed by atoms with E-state index in [0.29, 0.717) is 0 Å². The smallest absolute Gasteiger partial charge is 0.0544 e. The van der Waals surface area contributed by atoms with Gasteiger partial charge in [-0.25, -0.2) is 0 Å². The molecule has 1 aromatic heterocycles. The van der Waals surface area contributed by atoms with Crippen molar-refractivity contribution in [3.63, 3.8) is 0 Å². The Hall–Kier alpha value is -0.450. The molecule has 0 amide bonds. The summed E-state index contributed by atoms with van der Waals surface area (Å²) in [4.78, 5) is 9.59. The van der Waals surface area contributed by atoms with Gasteiger partial charge >= 0.3 is 0 Å². The molecule has 0 spiro atoms. The highest BCUT2D eigenvalue weighted by atomic mass is 79.9. The number of piperazine rings is 1. The van der Waals surface area contributed by atoms with Gasteiger partial charge in [-0.05, 0) is 40.9 Å². The topological polar surface area (TPSA) is 19.4 Å². The zero-order valence-electron chi connectivity index (χ0n) is 9.98. The van der Waals surface area contributed by atoms with Crippen LogP contribution in [-0.2, 0) is 6.54 Å². The lowest BCUT2D eigenvalue weighted by molar-refractivity contribution is 0.120. The molecule has 3 nitrogen and oxygen atoms in total. The molecule has 2 heterocycles. The van der Waals surface area contributed by atoms with Gasteiger partial charge in [-0.15, -0.1) is 0 Å². The number of aromatic nitrogens is 1. The van der Waals surface area contributed by atoms with Crippen LogP contribution in [0.4, 0.5) is 0 Å². The first-order chi connectivity index (χ1) is 8.31. The van der Waals surface area contributed by atoms with Gasteiger partial charge in [-0.2, -0.15) is 0 Å². The first kappa shape index (κ1) is 11.6. The van der Waals surface area contributed by atoms with Crippen LogP contribution in [0.25, 0.3) is 0 Å². The third kappa shape index (κ3) is 3.06. The van der Waals surface area contributed by atoms with E-state index >= 15 is 0 Å². The highest BCUT2D eigenvalue weighted by Crippen LogP contribution is 2.27. The van der Waals surface area contributed by atoms with E-state index in [9.17, 15) is 0 Å². The van der Waals surface area contributed by atoms with Gasteiger partial charge in [0.05, 0.1) is 5.69 Å². The summed E-state index contributed by atoms with van der Waals surface area (Å²) < 4.78 is 1.06. The summed E-state index contributed by atoms with van der Waals surface area (Å²) in [5.41, 5.74) is 1.17. The van der Waals surface area contributed by atoms with Crippen molar-refractivity contribution in [1.82, 2.24) is 14.8 Å². The van der Waals surface area contributed by atoms with E-state index in [1.807, 2.05) is 6.20 Å². The lowest BCUT2D eigenvalue weighted by atomic mass is 10.2. The van der Waals surface area contributed by atoms with Crippen molar-refractivity contribution in [3.8, 4) is 0 Å². The zero-order chi connectivity index (χ0) is 11.7. The summed E-state index contributed by atoms with van der Waals surface area (Å²) in [5, 5.41) is 0. The molecule has 1 saturated heterocycles. The summed E-state index contributed by atoms with van der Waals surface area (Å²) in [6.45, 7) is 5.84. The van der Waals surface area contributed by atoms with Crippen LogP contribution in [0.5, 0.6) is 0 Å². The molecule has 2 fully saturated rings. The molecule has 1 aromatic rings. The quantitative estimate of drug-likeness (QED) is 0.852. The average molecular weight is 296 g/mol. The lowest BCUT2D eigenvalue weighted by Crippen LogP contribution is -2.46. The van der Waals surface area contributed by atoms with E-state index in [2.05, 4.69) is 42.8 Å².